The zero-order valence-electron chi connectivity index (χ0n) is 8.07. The number of hydrogen-bond donors (Lipinski definition) is 0. The van der Waals surface area contributed by atoms with Crippen LogP contribution in [0.15, 0.2) is 12.3 Å². The summed E-state index contributed by atoms with van der Waals surface area (Å²) in [5, 5.41) is 8.71. The molecular formula is C10H10N2O2. The number of pyridine rings is 1. The first-order chi connectivity index (χ1) is 6.69. The highest BCUT2D eigenvalue weighted by molar-refractivity contribution is 5.91. The van der Waals surface area contributed by atoms with E-state index < -0.39 is 5.97 Å². The number of aryl methyl sites for hydroxylation is 1. The van der Waals surface area contributed by atoms with Crippen molar-refractivity contribution < 1.29 is 9.53 Å². The Balaban J connectivity index is 3.12. The summed E-state index contributed by atoms with van der Waals surface area (Å²) in [4.78, 5) is 15.2. The number of ether oxygens (including phenoxy) is 1. The van der Waals surface area contributed by atoms with Gasteiger partial charge in [0, 0.05) is 6.20 Å². The number of carbonyl (C=O) groups excluding carboxylic acids is 1. The molecule has 0 saturated heterocycles. The van der Waals surface area contributed by atoms with Gasteiger partial charge in [-0.05, 0) is 25.5 Å². The Morgan fingerprint density at radius 1 is 1.71 bits per heavy atom. The molecule has 14 heavy (non-hydrogen) atoms. The second kappa shape index (κ2) is 4.38. The Kier molecular flexibility index (Phi) is 3.19. The van der Waals surface area contributed by atoms with Gasteiger partial charge in [0.15, 0.2) is 5.69 Å². The molecule has 0 unspecified atom stereocenters. The fourth-order valence-corrected chi connectivity index (χ4v) is 1.02. The van der Waals surface area contributed by atoms with Gasteiger partial charge < -0.3 is 4.74 Å². The van der Waals surface area contributed by atoms with Gasteiger partial charge in [0.1, 0.15) is 6.07 Å². The Labute approximate surface area is 82.1 Å². The van der Waals surface area contributed by atoms with Crippen molar-refractivity contribution in [3.63, 3.8) is 0 Å². The Hall–Kier alpha value is -1.89. The van der Waals surface area contributed by atoms with Gasteiger partial charge in [-0.2, -0.15) is 5.26 Å². The summed E-state index contributed by atoms with van der Waals surface area (Å²) in [6.45, 7) is 3.81. The van der Waals surface area contributed by atoms with Gasteiger partial charge in [-0.15, -0.1) is 0 Å². The second-order valence-electron chi connectivity index (χ2n) is 2.74. The number of esters is 1. The van der Waals surface area contributed by atoms with E-state index in [0.29, 0.717) is 0 Å². The molecule has 0 amide bonds. The lowest BCUT2D eigenvalue weighted by atomic mass is 10.1. The molecule has 0 aliphatic heterocycles. The van der Waals surface area contributed by atoms with E-state index >= 15 is 0 Å². The standard InChI is InChI=1S/C10H10N2O2/c1-3-14-10(13)8-4-7(2)6-12-9(8)5-11/h4,6H,3H2,1-2H3. The molecule has 0 aliphatic carbocycles. The molecule has 0 spiro atoms. The fraction of sp³-hybridized carbons (Fsp3) is 0.300. The van der Waals surface area contributed by atoms with Crippen LogP contribution in [0.2, 0.25) is 0 Å². The molecule has 0 saturated carbocycles. The summed E-state index contributed by atoms with van der Waals surface area (Å²) in [6, 6.07) is 3.45. The molecule has 4 heteroatoms. The van der Waals surface area contributed by atoms with Crippen LogP contribution in [0.1, 0.15) is 28.5 Å². The van der Waals surface area contributed by atoms with Crippen molar-refractivity contribution in [3.05, 3.63) is 29.1 Å². The summed E-state index contributed by atoms with van der Waals surface area (Å²) in [7, 11) is 0. The predicted molar refractivity (Wildman–Crippen MR) is 49.6 cm³/mol. The van der Waals surface area contributed by atoms with Crippen molar-refractivity contribution in [3.8, 4) is 6.07 Å². The Bertz CT molecular complexity index is 394. The van der Waals surface area contributed by atoms with E-state index in [-0.39, 0.29) is 17.9 Å². The molecule has 0 N–H and O–H groups in total. The van der Waals surface area contributed by atoms with E-state index in [0.717, 1.165) is 5.56 Å². The first kappa shape index (κ1) is 10.2. The molecule has 1 aromatic rings. The zero-order valence-corrected chi connectivity index (χ0v) is 8.07. The highest BCUT2D eigenvalue weighted by Crippen LogP contribution is 2.08. The lowest BCUT2D eigenvalue weighted by molar-refractivity contribution is 0.0525. The average molecular weight is 190 g/mol. The van der Waals surface area contributed by atoms with Crippen molar-refractivity contribution in [2.24, 2.45) is 0 Å². The molecular weight excluding hydrogens is 180 g/mol. The van der Waals surface area contributed by atoms with Gasteiger partial charge in [0.05, 0.1) is 12.2 Å². The Morgan fingerprint density at radius 3 is 3.00 bits per heavy atom. The number of aromatic nitrogens is 1. The van der Waals surface area contributed by atoms with Crippen LogP contribution in [0.3, 0.4) is 0 Å². The van der Waals surface area contributed by atoms with Crippen LogP contribution < -0.4 is 0 Å². The quantitative estimate of drug-likeness (QED) is 0.662. The number of hydrogen-bond acceptors (Lipinski definition) is 4. The lowest BCUT2D eigenvalue weighted by Crippen LogP contribution is -2.08. The molecule has 0 radical (unpaired) electrons. The van der Waals surface area contributed by atoms with Crippen LogP contribution in [0.25, 0.3) is 0 Å². The van der Waals surface area contributed by atoms with Gasteiger partial charge in [-0.1, -0.05) is 0 Å². The van der Waals surface area contributed by atoms with E-state index in [9.17, 15) is 4.79 Å². The largest absolute Gasteiger partial charge is 0.462 e. The van der Waals surface area contributed by atoms with Crippen LogP contribution >= 0.6 is 0 Å². The summed E-state index contributed by atoms with van der Waals surface area (Å²) < 4.78 is 4.80. The third-order valence-electron chi connectivity index (χ3n) is 1.63. The molecule has 1 aromatic heterocycles. The van der Waals surface area contributed by atoms with E-state index in [1.807, 2.05) is 6.07 Å². The highest BCUT2D eigenvalue weighted by Gasteiger charge is 2.13. The number of nitriles is 1. The van der Waals surface area contributed by atoms with Crippen LogP contribution in [0.4, 0.5) is 0 Å². The summed E-state index contributed by atoms with van der Waals surface area (Å²) in [5.41, 5.74) is 1.16. The maximum Gasteiger partial charge on any atom is 0.341 e. The normalized spacial score (nSPS) is 9.21. The molecule has 1 heterocycles. The number of carbonyl (C=O) groups is 1. The van der Waals surface area contributed by atoms with Crippen LogP contribution in [-0.4, -0.2) is 17.6 Å². The molecule has 0 atom stereocenters. The molecule has 72 valence electrons. The van der Waals surface area contributed by atoms with E-state index in [1.165, 1.54) is 0 Å². The van der Waals surface area contributed by atoms with Crippen molar-refractivity contribution >= 4 is 5.97 Å². The summed E-state index contributed by atoms with van der Waals surface area (Å²) in [6.07, 6.45) is 1.54. The van der Waals surface area contributed by atoms with E-state index in [1.54, 1.807) is 26.1 Å². The van der Waals surface area contributed by atoms with Crippen molar-refractivity contribution in [1.82, 2.24) is 4.98 Å². The maximum atomic E-state index is 11.4. The lowest BCUT2D eigenvalue weighted by Gasteiger charge is -2.03. The Morgan fingerprint density at radius 2 is 2.43 bits per heavy atom. The van der Waals surface area contributed by atoms with Crippen molar-refractivity contribution in [1.29, 1.82) is 5.26 Å². The minimum Gasteiger partial charge on any atom is -0.462 e. The molecule has 0 fully saturated rings. The summed E-state index contributed by atoms with van der Waals surface area (Å²) >= 11 is 0. The first-order valence-electron chi connectivity index (χ1n) is 4.23. The summed E-state index contributed by atoms with van der Waals surface area (Å²) in [5.74, 6) is -0.500. The average Bonchev–Trinajstić information content (AvgIpc) is 2.18. The monoisotopic (exact) mass is 190 g/mol. The molecule has 0 aromatic carbocycles. The first-order valence-corrected chi connectivity index (χ1v) is 4.23. The molecule has 4 nitrogen and oxygen atoms in total. The second-order valence-corrected chi connectivity index (χ2v) is 2.74. The van der Waals surface area contributed by atoms with Gasteiger partial charge >= 0.3 is 5.97 Å². The maximum absolute atomic E-state index is 11.4. The van der Waals surface area contributed by atoms with Crippen LogP contribution in [0.5, 0.6) is 0 Å². The van der Waals surface area contributed by atoms with Gasteiger partial charge in [-0.25, -0.2) is 9.78 Å². The van der Waals surface area contributed by atoms with E-state index in [2.05, 4.69) is 4.98 Å². The van der Waals surface area contributed by atoms with Crippen molar-refractivity contribution in [2.75, 3.05) is 6.61 Å². The minimum atomic E-state index is -0.500. The number of nitrogens with zero attached hydrogens (tertiary/aromatic N) is 2. The van der Waals surface area contributed by atoms with Gasteiger partial charge in [-0.3, -0.25) is 0 Å². The molecule has 0 bridgehead atoms. The van der Waals surface area contributed by atoms with Crippen LogP contribution in [0, 0.1) is 18.3 Å². The smallest absolute Gasteiger partial charge is 0.341 e. The number of rotatable bonds is 2. The van der Waals surface area contributed by atoms with Gasteiger partial charge in [0.25, 0.3) is 0 Å². The highest BCUT2D eigenvalue weighted by atomic mass is 16.5. The van der Waals surface area contributed by atoms with Crippen LogP contribution in [-0.2, 0) is 4.74 Å². The SMILES string of the molecule is CCOC(=O)c1cc(C)cnc1C#N. The van der Waals surface area contributed by atoms with Gasteiger partial charge in [0.2, 0.25) is 0 Å². The minimum absolute atomic E-state index is 0.106. The predicted octanol–water partition coefficient (Wildman–Crippen LogP) is 1.44. The molecule has 1 rings (SSSR count). The third kappa shape index (κ3) is 2.07. The fourth-order valence-electron chi connectivity index (χ4n) is 1.02. The third-order valence-corrected chi connectivity index (χ3v) is 1.63. The van der Waals surface area contributed by atoms with Crippen molar-refractivity contribution in [2.45, 2.75) is 13.8 Å². The van der Waals surface area contributed by atoms with E-state index in [4.69, 9.17) is 10.00 Å². The molecule has 0 aliphatic rings. The zero-order chi connectivity index (χ0) is 10.6. The topological polar surface area (TPSA) is 63.0 Å².